The van der Waals surface area contributed by atoms with Crippen molar-refractivity contribution in [1.29, 1.82) is 10.5 Å². The van der Waals surface area contributed by atoms with Crippen molar-refractivity contribution in [3.8, 4) is 23.7 Å². The minimum absolute atomic E-state index is 0.131. The summed E-state index contributed by atoms with van der Waals surface area (Å²) in [7, 11) is 1.66. The Morgan fingerprint density at radius 2 is 2.21 bits per heavy atom. The van der Waals surface area contributed by atoms with Crippen molar-refractivity contribution in [1.82, 2.24) is 14.9 Å². The van der Waals surface area contributed by atoms with Crippen molar-refractivity contribution in [2.75, 3.05) is 18.5 Å². The molecule has 0 radical (unpaired) electrons. The van der Waals surface area contributed by atoms with Gasteiger partial charge in [-0.2, -0.15) is 10.5 Å². The molecule has 0 bridgehead atoms. The number of nitriles is 2. The number of hydrogen-bond acceptors (Lipinski definition) is 7. The first-order valence-corrected chi connectivity index (χ1v) is 8.29. The number of thiazole rings is 1. The Morgan fingerprint density at radius 1 is 1.38 bits per heavy atom. The minimum atomic E-state index is -0.410. The van der Waals surface area contributed by atoms with Crippen LogP contribution in [0.1, 0.15) is 18.5 Å². The molecule has 7 nitrogen and oxygen atoms in total. The first-order valence-electron chi connectivity index (χ1n) is 7.41. The lowest BCUT2D eigenvalue weighted by Gasteiger charge is -2.22. The number of pyridine rings is 1. The average Bonchev–Trinajstić information content (AvgIpc) is 3.29. The molecule has 2 aromatic rings. The zero-order valence-electron chi connectivity index (χ0n) is 13.0. The molecule has 2 aromatic heterocycles. The molecule has 1 amide bonds. The molecule has 24 heavy (non-hydrogen) atoms. The number of aromatic nitrogens is 2. The van der Waals surface area contributed by atoms with E-state index in [4.69, 9.17) is 10.5 Å². The standard InChI is InChI=1S/C16H14N6OS/c1-21(15(23)14-6-3-7-22(14)10-18)16-20-13(9-24-16)12-5-2-4-11(8-17)19-12/h2,4-5,9,14H,3,6-7H2,1H3. The lowest BCUT2D eigenvalue weighted by molar-refractivity contribution is -0.121. The van der Waals surface area contributed by atoms with Crippen molar-refractivity contribution in [3.05, 3.63) is 29.3 Å². The third kappa shape index (κ3) is 2.92. The van der Waals surface area contributed by atoms with Crippen LogP contribution in [0.3, 0.4) is 0 Å². The highest BCUT2D eigenvalue weighted by Crippen LogP contribution is 2.28. The fraction of sp³-hybridized carbons (Fsp3) is 0.312. The summed E-state index contributed by atoms with van der Waals surface area (Å²) in [5.41, 5.74) is 1.54. The number of rotatable bonds is 3. The highest BCUT2D eigenvalue weighted by molar-refractivity contribution is 7.14. The highest BCUT2D eigenvalue weighted by Gasteiger charge is 2.33. The molecule has 1 saturated heterocycles. The van der Waals surface area contributed by atoms with Crippen molar-refractivity contribution in [2.24, 2.45) is 0 Å². The summed E-state index contributed by atoms with van der Waals surface area (Å²) in [6.45, 7) is 0.620. The summed E-state index contributed by atoms with van der Waals surface area (Å²) >= 11 is 1.33. The van der Waals surface area contributed by atoms with Gasteiger partial charge in [-0.25, -0.2) is 9.97 Å². The Kier molecular flexibility index (Phi) is 4.41. The largest absolute Gasteiger partial charge is 0.298 e. The summed E-state index contributed by atoms with van der Waals surface area (Å²) in [6, 6.07) is 6.74. The van der Waals surface area contributed by atoms with Crippen LogP contribution < -0.4 is 4.90 Å². The second-order valence-electron chi connectivity index (χ2n) is 5.38. The van der Waals surface area contributed by atoms with Crippen LogP contribution in [0.2, 0.25) is 0 Å². The zero-order chi connectivity index (χ0) is 17.1. The van der Waals surface area contributed by atoms with Gasteiger partial charge in [0.05, 0.1) is 5.69 Å². The van der Waals surface area contributed by atoms with E-state index in [2.05, 4.69) is 16.2 Å². The molecule has 0 N–H and O–H groups in total. The van der Waals surface area contributed by atoms with E-state index in [9.17, 15) is 4.79 Å². The van der Waals surface area contributed by atoms with Crippen LogP contribution in [-0.2, 0) is 4.79 Å². The number of carbonyl (C=O) groups is 1. The Hall–Kier alpha value is -2.97. The Bertz CT molecular complexity index is 849. The molecule has 1 aliphatic heterocycles. The van der Waals surface area contributed by atoms with Crippen LogP contribution in [0.25, 0.3) is 11.4 Å². The van der Waals surface area contributed by atoms with Gasteiger partial charge in [0.1, 0.15) is 23.5 Å². The molecular weight excluding hydrogens is 324 g/mol. The molecule has 1 aliphatic rings. The molecule has 0 spiro atoms. The quantitative estimate of drug-likeness (QED) is 0.794. The predicted octanol–water partition coefficient (Wildman–Crippen LogP) is 1.99. The second kappa shape index (κ2) is 6.65. The maximum Gasteiger partial charge on any atom is 0.251 e. The predicted molar refractivity (Wildman–Crippen MR) is 88.8 cm³/mol. The van der Waals surface area contributed by atoms with E-state index in [0.29, 0.717) is 35.2 Å². The van der Waals surface area contributed by atoms with E-state index in [-0.39, 0.29) is 5.91 Å². The van der Waals surface area contributed by atoms with E-state index >= 15 is 0 Å². The maximum atomic E-state index is 12.6. The maximum absolute atomic E-state index is 12.6. The molecule has 0 saturated carbocycles. The van der Waals surface area contributed by atoms with Gasteiger partial charge in [-0.1, -0.05) is 6.07 Å². The van der Waals surface area contributed by atoms with Crippen molar-refractivity contribution < 1.29 is 4.79 Å². The number of hydrogen-bond donors (Lipinski definition) is 0. The Balaban J connectivity index is 1.81. The van der Waals surface area contributed by atoms with Crippen molar-refractivity contribution in [3.63, 3.8) is 0 Å². The fourth-order valence-corrected chi connectivity index (χ4v) is 3.43. The van der Waals surface area contributed by atoms with Gasteiger partial charge in [0.2, 0.25) is 0 Å². The van der Waals surface area contributed by atoms with E-state index in [1.807, 2.05) is 6.07 Å². The van der Waals surface area contributed by atoms with Gasteiger partial charge in [0, 0.05) is 19.0 Å². The minimum Gasteiger partial charge on any atom is -0.298 e. The average molecular weight is 338 g/mol. The number of amides is 1. The molecule has 1 atom stereocenters. The summed E-state index contributed by atoms with van der Waals surface area (Å²) in [5.74, 6) is -0.131. The smallest absolute Gasteiger partial charge is 0.251 e. The van der Waals surface area contributed by atoms with Crippen LogP contribution in [0, 0.1) is 22.8 Å². The van der Waals surface area contributed by atoms with Gasteiger partial charge in [-0.3, -0.25) is 14.6 Å². The van der Waals surface area contributed by atoms with Gasteiger partial charge >= 0.3 is 0 Å². The van der Waals surface area contributed by atoms with Crippen LogP contribution in [-0.4, -0.2) is 40.4 Å². The molecule has 1 fully saturated rings. The number of anilines is 1. The SMILES string of the molecule is CN(C(=O)C1CCCN1C#N)c1nc(-c2cccc(C#N)n2)cs1. The first-order chi connectivity index (χ1) is 11.6. The topological polar surface area (TPSA) is 96.9 Å². The van der Waals surface area contributed by atoms with Gasteiger partial charge in [0.25, 0.3) is 5.91 Å². The number of likely N-dealkylation sites (N-methyl/N-ethyl adjacent to an activating group) is 1. The van der Waals surface area contributed by atoms with Crippen LogP contribution >= 0.6 is 11.3 Å². The zero-order valence-corrected chi connectivity index (χ0v) is 13.8. The number of likely N-dealkylation sites (tertiary alicyclic amines) is 1. The van der Waals surface area contributed by atoms with Gasteiger partial charge in [-0.15, -0.1) is 11.3 Å². The molecule has 0 aromatic carbocycles. The Labute approximate surface area is 143 Å². The van der Waals surface area contributed by atoms with Crippen LogP contribution in [0.15, 0.2) is 23.6 Å². The van der Waals surface area contributed by atoms with Crippen LogP contribution in [0.5, 0.6) is 0 Å². The molecule has 8 heteroatoms. The first kappa shape index (κ1) is 15.9. The Morgan fingerprint density at radius 3 is 2.96 bits per heavy atom. The molecule has 0 aliphatic carbocycles. The molecule has 120 valence electrons. The summed E-state index contributed by atoms with van der Waals surface area (Å²) < 4.78 is 0. The third-order valence-corrected chi connectivity index (χ3v) is 4.82. The second-order valence-corrected chi connectivity index (χ2v) is 6.22. The monoisotopic (exact) mass is 338 g/mol. The molecular formula is C16H14N6OS. The van der Waals surface area contributed by atoms with E-state index < -0.39 is 6.04 Å². The van der Waals surface area contributed by atoms with E-state index in [1.54, 1.807) is 30.6 Å². The molecule has 3 rings (SSSR count). The molecule has 3 heterocycles. The number of nitrogens with zero attached hydrogens (tertiary/aromatic N) is 6. The molecule has 1 unspecified atom stereocenters. The fourth-order valence-electron chi connectivity index (χ4n) is 2.64. The summed E-state index contributed by atoms with van der Waals surface area (Å²) in [4.78, 5) is 24.3. The van der Waals surface area contributed by atoms with Gasteiger partial charge < -0.3 is 0 Å². The van der Waals surface area contributed by atoms with Crippen LogP contribution in [0.4, 0.5) is 5.13 Å². The van der Waals surface area contributed by atoms with Crippen molar-refractivity contribution in [2.45, 2.75) is 18.9 Å². The summed E-state index contributed by atoms with van der Waals surface area (Å²) in [5, 5.41) is 20.4. The summed E-state index contributed by atoms with van der Waals surface area (Å²) in [6.07, 6.45) is 3.59. The normalized spacial score (nSPS) is 16.5. The van der Waals surface area contributed by atoms with Crippen molar-refractivity contribution >= 4 is 22.4 Å². The van der Waals surface area contributed by atoms with Gasteiger partial charge in [0.15, 0.2) is 11.3 Å². The van der Waals surface area contributed by atoms with Gasteiger partial charge in [-0.05, 0) is 25.0 Å². The number of carbonyl (C=O) groups excluding carboxylic acids is 1. The lowest BCUT2D eigenvalue weighted by Crippen LogP contribution is -2.42. The highest BCUT2D eigenvalue weighted by atomic mass is 32.1. The third-order valence-electron chi connectivity index (χ3n) is 3.90. The van der Waals surface area contributed by atoms with E-state index in [0.717, 1.165) is 6.42 Å². The lowest BCUT2D eigenvalue weighted by atomic mass is 10.2. The van der Waals surface area contributed by atoms with E-state index in [1.165, 1.54) is 21.1 Å².